The summed E-state index contributed by atoms with van der Waals surface area (Å²) >= 11 is 1.62. The number of benzene rings is 2. The van der Waals surface area contributed by atoms with Crippen molar-refractivity contribution in [1.29, 1.82) is 0 Å². The van der Waals surface area contributed by atoms with Crippen molar-refractivity contribution in [1.82, 2.24) is 4.57 Å². The maximum absolute atomic E-state index is 13.1. The molecule has 0 aliphatic rings. The monoisotopic (exact) mass is 371 g/mol. The second-order valence-corrected chi connectivity index (χ2v) is 7.06. The van der Waals surface area contributed by atoms with Crippen LogP contribution in [0.5, 0.6) is 11.5 Å². The van der Waals surface area contributed by atoms with Gasteiger partial charge in [0.15, 0.2) is 11.5 Å². The van der Waals surface area contributed by atoms with E-state index in [1.807, 2.05) is 28.8 Å². The zero-order valence-corrected chi connectivity index (χ0v) is 16.1. The summed E-state index contributed by atoms with van der Waals surface area (Å²) in [6, 6.07) is 13.8. The fourth-order valence-corrected chi connectivity index (χ4v) is 3.70. The first kappa shape index (κ1) is 18.3. The third kappa shape index (κ3) is 3.70. The minimum absolute atomic E-state index is 0.0217. The van der Waals surface area contributed by atoms with Gasteiger partial charge in [0, 0.05) is 24.3 Å². The lowest BCUT2D eigenvalue weighted by molar-refractivity contribution is -0.407. The minimum atomic E-state index is -0.0217. The first-order chi connectivity index (χ1) is 12.7. The molecule has 0 saturated heterocycles. The van der Waals surface area contributed by atoms with Gasteiger partial charge in [-0.3, -0.25) is 0 Å². The first-order valence-corrected chi connectivity index (χ1v) is 9.55. The van der Waals surface area contributed by atoms with Gasteiger partial charge >= 0.3 is 10.7 Å². The molecule has 0 unspecified atom stereocenters. The summed E-state index contributed by atoms with van der Waals surface area (Å²) in [5.41, 5.74) is 1.94. The molecular formula is C20H23N2O3S+. The number of aromatic amines is 1. The van der Waals surface area contributed by atoms with Gasteiger partial charge in [0.1, 0.15) is 10.9 Å². The van der Waals surface area contributed by atoms with Crippen LogP contribution in [-0.4, -0.2) is 24.5 Å². The Morgan fingerprint density at radius 1 is 1.08 bits per heavy atom. The molecule has 0 saturated carbocycles. The standard InChI is InChI=1S/C20H22N2O3S/c1-4-26-20-21-16-13-18(25-3)17(24-2)12-15(16)19(23)22(20)11-10-14-8-6-5-7-9-14/h5-9,12-13H,4,10-11H2,1-3H3/p+1. The highest BCUT2D eigenvalue weighted by Crippen LogP contribution is 2.29. The Labute approximate surface area is 157 Å². The van der Waals surface area contributed by atoms with Crippen LogP contribution in [-0.2, 0) is 13.0 Å². The van der Waals surface area contributed by atoms with Crippen LogP contribution in [0, 0.1) is 0 Å². The number of hydrogen-bond donors (Lipinski definition) is 0. The van der Waals surface area contributed by atoms with E-state index in [-0.39, 0.29) is 5.56 Å². The number of H-pyrrole nitrogens is 1. The Kier molecular flexibility index (Phi) is 5.83. The predicted molar refractivity (Wildman–Crippen MR) is 104 cm³/mol. The molecule has 0 bridgehead atoms. The van der Waals surface area contributed by atoms with Gasteiger partial charge in [0.2, 0.25) is 0 Å². The molecule has 0 fully saturated rings. The van der Waals surface area contributed by atoms with E-state index in [9.17, 15) is 4.79 Å². The number of fused-ring (bicyclic) bond motifs is 1. The molecule has 0 aliphatic heterocycles. The molecule has 3 rings (SSSR count). The molecule has 136 valence electrons. The number of methoxy groups -OCH3 is 2. The van der Waals surface area contributed by atoms with E-state index in [0.717, 1.165) is 22.8 Å². The summed E-state index contributed by atoms with van der Waals surface area (Å²) in [6.07, 6.45) is 0.796. The lowest BCUT2D eigenvalue weighted by atomic mass is 10.1. The normalized spacial score (nSPS) is 10.9. The van der Waals surface area contributed by atoms with Crippen molar-refractivity contribution in [2.75, 3.05) is 20.0 Å². The van der Waals surface area contributed by atoms with Crippen LogP contribution in [0.4, 0.5) is 0 Å². The highest BCUT2D eigenvalue weighted by molar-refractivity contribution is 7.99. The average Bonchev–Trinajstić information content (AvgIpc) is 2.68. The molecule has 0 spiro atoms. The van der Waals surface area contributed by atoms with Gasteiger partial charge in [-0.2, -0.15) is 4.57 Å². The molecule has 0 radical (unpaired) electrons. The molecule has 1 N–H and O–H groups in total. The number of aromatic nitrogens is 2. The lowest BCUT2D eigenvalue weighted by Gasteiger charge is -2.10. The molecule has 6 heteroatoms. The van der Waals surface area contributed by atoms with E-state index in [1.54, 1.807) is 32.0 Å². The molecule has 0 aliphatic carbocycles. The molecule has 0 atom stereocenters. The Hall–Kier alpha value is -2.47. The van der Waals surface area contributed by atoms with Crippen molar-refractivity contribution in [3.63, 3.8) is 0 Å². The second-order valence-electron chi connectivity index (χ2n) is 5.81. The van der Waals surface area contributed by atoms with E-state index in [0.29, 0.717) is 23.4 Å². The van der Waals surface area contributed by atoms with Gasteiger partial charge in [-0.15, -0.1) is 0 Å². The van der Waals surface area contributed by atoms with Crippen LogP contribution in [0.15, 0.2) is 52.4 Å². The van der Waals surface area contributed by atoms with E-state index < -0.39 is 0 Å². The molecular weight excluding hydrogens is 348 g/mol. The zero-order chi connectivity index (χ0) is 18.5. The quantitative estimate of drug-likeness (QED) is 0.473. The number of ether oxygens (including phenoxy) is 2. The van der Waals surface area contributed by atoms with Gasteiger partial charge < -0.3 is 9.47 Å². The topological polar surface area (TPSA) is 54.6 Å². The van der Waals surface area contributed by atoms with Crippen LogP contribution in [0.1, 0.15) is 12.5 Å². The molecule has 0 amide bonds. The Morgan fingerprint density at radius 3 is 2.42 bits per heavy atom. The van der Waals surface area contributed by atoms with Crippen molar-refractivity contribution in [2.45, 2.75) is 25.0 Å². The van der Waals surface area contributed by atoms with Crippen LogP contribution in [0.3, 0.4) is 0 Å². The number of nitrogens with zero attached hydrogens (tertiary/aromatic N) is 1. The highest BCUT2D eigenvalue weighted by Gasteiger charge is 2.20. The minimum Gasteiger partial charge on any atom is -0.493 e. The first-order valence-electron chi connectivity index (χ1n) is 8.56. The van der Waals surface area contributed by atoms with Gasteiger partial charge in [-0.25, -0.2) is 9.78 Å². The van der Waals surface area contributed by atoms with Crippen LogP contribution in [0.2, 0.25) is 0 Å². The summed E-state index contributed by atoms with van der Waals surface area (Å²) in [5, 5.41) is 1.45. The van der Waals surface area contributed by atoms with Crippen LogP contribution >= 0.6 is 11.8 Å². The van der Waals surface area contributed by atoms with Crippen molar-refractivity contribution in [3.8, 4) is 11.5 Å². The zero-order valence-electron chi connectivity index (χ0n) is 15.2. The van der Waals surface area contributed by atoms with Crippen LogP contribution in [0.25, 0.3) is 10.9 Å². The average molecular weight is 371 g/mol. The number of aryl methyl sites for hydroxylation is 1. The summed E-state index contributed by atoms with van der Waals surface area (Å²) < 4.78 is 12.5. The molecule has 5 nitrogen and oxygen atoms in total. The number of thioether (sulfide) groups is 1. The van der Waals surface area contributed by atoms with Gasteiger partial charge in [0.05, 0.1) is 20.8 Å². The molecule has 2 aromatic carbocycles. The second kappa shape index (κ2) is 8.27. The predicted octanol–water partition coefficient (Wildman–Crippen LogP) is 3.19. The largest absolute Gasteiger partial charge is 0.493 e. The van der Waals surface area contributed by atoms with E-state index in [1.165, 1.54) is 5.56 Å². The summed E-state index contributed by atoms with van der Waals surface area (Å²) in [5.74, 6) is 2.03. The fourth-order valence-electron chi connectivity index (χ4n) is 2.92. The van der Waals surface area contributed by atoms with E-state index in [4.69, 9.17) is 9.47 Å². The van der Waals surface area contributed by atoms with Crippen molar-refractivity contribution in [3.05, 3.63) is 58.4 Å². The van der Waals surface area contributed by atoms with Gasteiger partial charge in [0.25, 0.3) is 0 Å². The molecule has 1 aromatic heterocycles. The smallest absolute Gasteiger partial charge is 0.346 e. The van der Waals surface area contributed by atoms with Gasteiger partial charge in [-0.1, -0.05) is 37.3 Å². The van der Waals surface area contributed by atoms with E-state index >= 15 is 0 Å². The summed E-state index contributed by atoms with van der Waals surface area (Å²) in [7, 11) is 3.16. The number of nitrogens with one attached hydrogen (secondary N) is 1. The number of hydrogen-bond acceptors (Lipinski definition) is 4. The Balaban J connectivity index is 2.09. The molecule has 26 heavy (non-hydrogen) atoms. The third-order valence-corrected chi connectivity index (χ3v) is 5.12. The molecule has 1 heterocycles. The Bertz CT molecular complexity index is 955. The number of rotatable bonds is 7. The molecule has 3 aromatic rings. The third-order valence-electron chi connectivity index (χ3n) is 4.23. The van der Waals surface area contributed by atoms with Crippen molar-refractivity contribution >= 4 is 22.7 Å². The fraction of sp³-hybridized carbons (Fsp3) is 0.300. The van der Waals surface area contributed by atoms with E-state index in [2.05, 4.69) is 24.0 Å². The highest BCUT2D eigenvalue weighted by atomic mass is 32.2. The Morgan fingerprint density at radius 2 is 1.77 bits per heavy atom. The van der Waals surface area contributed by atoms with Gasteiger partial charge in [-0.05, 0) is 17.3 Å². The van der Waals surface area contributed by atoms with Crippen molar-refractivity contribution < 1.29 is 14.5 Å². The lowest BCUT2D eigenvalue weighted by Crippen LogP contribution is -2.30. The summed E-state index contributed by atoms with van der Waals surface area (Å²) in [6.45, 7) is 2.69. The van der Waals surface area contributed by atoms with Crippen LogP contribution < -0.4 is 20.0 Å². The van der Waals surface area contributed by atoms with Crippen molar-refractivity contribution in [2.24, 2.45) is 0 Å². The maximum Gasteiger partial charge on any atom is 0.346 e. The summed E-state index contributed by atoms with van der Waals surface area (Å²) in [4.78, 5) is 16.5. The SMILES string of the molecule is CCSc1[nH+]c2cc(OC)c(OC)cc2c(=O)n1CCc1ccccc1. The maximum atomic E-state index is 13.1.